The third-order valence-electron chi connectivity index (χ3n) is 5.18. The molecule has 9 nitrogen and oxygen atoms in total. The molecule has 2 aromatic carbocycles. The minimum atomic E-state index is -0.798. The molecule has 9 heteroatoms. The van der Waals surface area contributed by atoms with E-state index >= 15 is 0 Å². The Morgan fingerprint density at radius 2 is 1.76 bits per heavy atom. The third kappa shape index (κ3) is 4.88. The third-order valence-corrected chi connectivity index (χ3v) is 5.18. The summed E-state index contributed by atoms with van der Waals surface area (Å²) in [7, 11) is 1.48. The van der Waals surface area contributed by atoms with Gasteiger partial charge in [0.25, 0.3) is 11.8 Å². The van der Waals surface area contributed by atoms with Gasteiger partial charge in [0, 0.05) is 24.0 Å². The minimum absolute atomic E-state index is 0.0625. The van der Waals surface area contributed by atoms with Crippen LogP contribution in [0.4, 0.5) is 5.69 Å². The first-order valence-electron chi connectivity index (χ1n) is 10.4. The van der Waals surface area contributed by atoms with Crippen LogP contribution in [0.25, 0.3) is 10.9 Å². The van der Waals surface area contributed by atoms with Gasteiger partial charge in [-0.3, -0.25) is 14.4 Å². The Hall–Kier alpha value is -4.66. The molecule has 4 rings (SSSR count). The molecule has 0 unspecified atom stereocenters. The number of ether oxygens (including phenoxy) is 1. The Balaban J connectivity index is 1.45. The van der Waals surface area contributed by atoms with Gasteiger partial charge in [0.05, 0.1) is 29.6 Å². The van der Waals surface area contributed by atoms with Crippen LogP contribution in [0, 0.1) is 0 Å². The molecule has 0 spiro atoms. The van der Waals surface area contributed by atoms with Gasteiger partial charge < -0.3 is 24.4 Å². The predicted molar refractivity (Wildman–Crippen MR) is 125 cm³/mol. The van der Waals surface area contributed by atoms with Crippen molar-refractivity contribution in [3.8, 4) is 0 Å². The van der Waals surface area contributed by atoms with Crippen LogP contribution < -0.4 is 15.8 Å². The van der Waals surface area contributed by atoms with Crippen LogP contribution in [-0.2, 0) is 16.1 Å². The monoisotopic (exact) mass is 459 g/mol. The lowest BCUT2D eigenvalue weighted by Crippen LogP contribution is -2.33. The van der Waals surface area contributed by atoms with E-state index < -0.39 is 29.9 Å². The van der Waals surface area contributed by atoms with E-state index in [2.05, 4.69) is 10.3 Å². The summed E-state index contributed by atoms with van der Waals surface area (Å²) in [5.74, 6) is -1.14. The molecule has 0 saturated heterocycles. The number of hydrogen-bond acceptors (Lipinski definition) is 6. The van der Waals surface area contributed by atoms with Crippen molar-refractivity contribution >= 4 is 34.4 Å². The quantitative estimate of drug-likeness (QED) is 0.410. The number of nitrogens with zero attached hydrogens (tertiary/aromatic N) is 1. The highest BCUT2D eigenvalue weighted by atomic mass is 16.5. The van der Waals surface area contributed by atoms with E-state index in [0.29, 0.717) is 22.4 Å². The number of anilines is 1. The van der Waals surface area contributed by atoms with E-state index in [4.69, 9.17) is 9.15 Å². The summed E-state index contributed by atoms with van der Waals surface area (Å²) in [5, 5.41) is 3.25. The van der Waals surface area contributed by atoms with Gasteiger partial charge >= 0.3 is 5.97 Å². The van der Waals surface area contributed by atoms with E-state index in [1.54, 1.807) is 60.7 Å². The summed E-state index contributed by atoms with van der Waals surface area (Å²) in [6.45, 7) is -0.377. The summed E-state index contributed by atoms with van der Waals surface area (Å²) >= 11 is 0. The number of esters is 1. The summed E-state index contributed by atoms with van der Waals surface area (Å²) in [6, 6.07) is 18.0. The van der Waals surface area contributed by atoms with E-state index in [9.17, 15) is 19.2 Å². The van der Waals surface area contributed by atoms with Crippen molar-refractivity contribution in [2.75, 3.05) is 18.6 Å². The van der Waals surface area contributed by atoms with Crippen molar-refractivity contribution in [2.45, 2.75) is 6.54 Å². The van der Waals surface area contributed by atoms with Gasteiger partial charge in [-0.2, -0.15) is 0 Å². The lowest BCUT2D eigenvalue weighted by molar-refractivity contribution is -0.121. The second-order valence-electron chi connectivity index (χ2n) is 7.40. The van der Waals surface area contributed by atoms with Crippen LogP contribution in [0.1, 0.15) is 26.5 Å². The van der Waals surface area contributed by atoms with Crippen LogP contribution >= 0.6 is 0 Å². The number of furan rings is 1. The van der Waals surface area contributed by atoms with E-state index in [-0.39, 0.29) is 17.7 Å². The first kappa shape index (κ1) is 22.5. The number of aromatic nitrogens is 1. The van der Waals surface area contributed by atoms with Gasteiger partial charge in [-0.25, -0.2) is 4.79 Å². The highest BCUT2D eigenvalue weighted by Gasteiger charge is 2.21. The smallest absolute Gasteiger partial charge is 0.339 e. The molecule has 0 bridgehead atoms. The number of rotatable bonds is 7. The number of carbonyl (C=O) groups is 3. The molecule has 0 saturated carbocycles. The second kappa shape index (κ2) is 9.86. The molecule has 0 aliphatic carbocycles. The Labute approximate surface area is 194 Å². The number of carbonyl (C=O) groups excluding carboxylic acids is 3. The maximum absolute atomic E-state index is 12.8. The number of para-hydroxylation sites is 2. The zero-order chi connectivity index (χ0) is 24.1. The number of amides is 2. The summed E-state index contributed by atoms with van der Waals surface area (Å²) in [5.41, 5.74) is 0.717. The fraction of sp³-hybridized carbons (Fsp3) is 0.120. The normalized spacial score (nSPS) is 10.6. The average Bonchev–Trinajstić information content (AvgIpc) is 3.38. The zero-order valence-electron chi connectivity index (χ0n) is 18.2. The fourth-order valence-corrected chi connectivity index (χ4v) is 3.44. The molecule has 34 heavy (non-hydrogen) atoms. The fourth-order valence-electron chi connectivity index (χ4n) is 3.44. The molecule has 2 aromatic heterocycles. The maximum atomic E-state index is 12.8. The van der Waals surface area contributed by atoms with Crippen LogP contribution in [0.3, 0.4) is 0 Å². The SMILES string of the molecule is CN(C(=O)COC(=O)c1cc(=O)[nH]c2ccccc12)c1ccccc1C(=O)NCc1ccco1. The number of hydrogen-bond donors (Lipinski definition) is 2. The number of fused-ring (bicyclic) bond motifs is 1. The van der Waals surface area contributed by atoms with Gasteiger partial charge in [0.1, 0.15) is 5.76 Å². The van der Waals surface area contributed by atoms with Gasteiger partial charge in [-0.1, -0.05) is 30.3 Å². The van der Waals surface area contributed by atoms with Crippen molar-refractivity contribution < 1.29 is 23.5 Å². The van der Waals surface area contributed by atoms with Crippen LogP contribution in [0.2, 0.25) is 0 Å². The first-order valence-corrected chi connectivity index (χ1v) is 10.4. The van der Waals surface area contributed by atoms with Gasteiger partial charge in [0.15, 0.2) is 6.61 Å². The molecule has 0 aliphatic heterocycles. The van der Waals surface area contributed by atoms with Crippen molar-refractivity contribution in [3.05, 3.63) is 100 Å². The van der Waals surface area contributed by atoms with E-state index in [1.807, 2.05) is 0 Å². The number of benzene rings is 2. The molecule has 0 atom stereocenters. The number of H-pyrrole nitrogens is 1. The summed E-state index contributed by atoms with van der Waals surface area (Å²) in [6.07, 6.45) is 1.51. The van der Waals surface area contributed by atoms with Crippen molar-refractivity contribution in [3.63, 3.8) is 0 Å². The number of nitrogens with one attached hydrogen (secondary N) is 2. The minimum Gasteiger partial charge on any atom is -0.467 e. The Morgan fingerprint density at radius 1 is 1.00 bits per heavy atom. The predicted octanol–water partition coefficient (Wildman–Crippen LogP) is 2.87. The molecular weight excluding hydrogens is 438 g/mol. The van der Waals surface area contributed by atoms with Crippen LogP contribution in [0.5, 0.6) is 0 Å². The number of pyridine rings is 1. The van der Waals surface area contributed by atoms with E-state index in [0.717, 1.165) is 6.07 Å². The summed E-state index contributed by atoms with van der Waals surface area (Å²) in [4.78, 5) is 53.9. The average molecular weight is 459 g/mol. The molecular formula is C25H21N3O6. The maximum Gasteiger partial charge on any atom is 0.339 e. The molecule has 2 amide bonds. The van der Waals surface area contributed by atoms with E-state index in [1.165, 1.54) is 18.2 Å². The standard InChI is InChI=1S/C25H21N3O6/c1-28(21-11-5-3-9-18(21)24(31)26-14-16-7-6-12-33-16)23(30)15-34-25(32)19-13-22(29)27-20-10-4-2-8-17(19)20/h2-13H,14-15H2,1H3,(H,26,31)(H,27,29). The lowest BCUT2D eigenvalue weighted by Gasteiger charge is -2.20. The van der Waals surface area contributed by atoms with Crippen LogP contribution in [0.15, 0.2) is 82.2 Å². The van der Waals surface area contributed by atoms with Gasteiger partial charge in [-0.15, -0.1) is 0 Å². The Kier molecular flexibility index (Phi) is 6.54. The molecule has 4 aromatic rings. The molecule has 2 N–H and O–H groups in total. The highest BCUT2D eigenvalue weighted by molar-refractivity contribution is 6.06. The zero-order valence-corrected chi connectivity index (χ0v) is 18.2. The van der Waals surface area contributed by atoms with Crippen LogP contribution in [-0.4, -0.2) is 36.4 Å². The molecule has 0 fully saturated rings. The number of likely N-dealkylation sites (N-methyl/N-ethyl adjacent to an activating group) is 1. The molecule has 2 heterocycles. The lowest BCUT2D eigenvalue weighted by atomic mass is 10.1. The highest BCUT2D eigenvalue weighted by Crippen LogP contribution is 2.20. The Morgan fingerprint density at radius 3 is 2.56 bits per heavy atom. The molecule has 0 radical (unpaired) electrons. The largest absolute Gasteiger partial charge is 0.467 e. The number of aromatic amines is 1. The summed E-state index contributed by atoms with van der Waals surface area (Å²) < 4.78 is 10.4. The van der Waals surface area contributed by atoms with Crippen molar-refractivity contribution in [1.29, 1.82) is 0 Å². The van der Waals surface area contributed by atoms with Crippen molar-refractivity contribution in [1.82, 2.24) is 10.3 Å². The Bertz CT molecular complexity index is 1410. The first-order chi connectivity index (χ1) is 16.4. The van der Waals surface area contributed by atoms with Gasteiger partial charge in [0.2, 0.25) is 5.56 Å². The molecule has 172 valence electrons. The van der Waals surface area contributed by atoms with Crippen molar-refractivity contribution in [2.24, 2.45) is 0 Å². The van der Waals surface area contributed by atoms with Gasteiger partial charge in [-0.05, 0) is 30.3 Å². The second-order valence-corrected chi connectivity index (χ2v) is 7.40. The molecule has 0 aliphatic rings. The topological polar surface area (TPSA) is 122 Å².